The van der Waals surface area contributed by atoms with Crippen molar-refractivity contribution in [3.63, 3.8) is 0 Å². The SMILES string of the molecule is CC(=O)OC[C@H]1O[C@@H](n2cnc3c(NC(=O)c4ccccc4)nc(OC4CCCC4)nc32)[C@H](OC(C)=O)[C@H]1OC(C)=O. The summed E-state index contributed by atoms with van der Waals surface area (Å²) in [6, 6.07) is 8.63. The van der Waals surface area contributed by atoms with Gasteiger partial charge in [0.2, 0.25) is 0 Å². The molecule has 2 fully saturated rings. The van der Waals surface area contributed by atoms with Gasteiger partial charge in [0.25, 0.3) is 5.91 Å². The van der Waals surface area contributed by atoms with Crippen molar-refractivity contribution in [1.82, 2.24) is 19.5 Å². The van der Waals surface area contributed by atoms with Gasteiger partial charge < -0.3 is 29.0 Å². The molecule has 5 rings (SSSR count). The van der Waals surface area contributed by atoms with Crippen LogP contribution in [-0.4, -0.2) is 74.4 Å². The molecule has 2 aliphatic rings. The zero-order valence-electron chi connectivity index (χ0n) is 23.3. The minimum absolute atomic E-state index is 0.0227. The standard InChI is InChI=1S/C28H31N5O9/c1-15(34)38-13-20-22(39-16(2)35)23(40-17(3)36)27(42-20)33-14-29-21-24(30-26(37)18-9-5-4-6-10-18)31-28(32-25(21)33)41-19-11-7-8-12-19/h4-6,9-10,14,19-20,22-23,27H,7-8,11-13H2,1-3H3,(H,30,31,32,37)/t20-,22+,23-,27-/m1/s1. The van der Waals surface area contributed by atoms with E-state index in [0.29, 0.717) is 5.56 Å². The number of ether oxygens (including phenoxy) is 5. The summed E-state index contributed by atoms with van der Waals surface area (Å²) < 4.78 is 29.9. The predicted molar refractivity (Wildman–Crippen MR) is 144 cm³/mol. The highest BCUT2D eigenvalue weighted by atomic mass is 16.7. The molecular weight excluding hydrogens is 550 g/mol. The number of carbonyl (C=O) groups excluding carboxylic acids is 4. The van der Waals surface area contributed by atoms with Crippen LogP contribution in [0.15, 0.2) is 36.7 Å². The Morgan fingerprint density at radius 3 is 2.31 bits per heavy atom. The number of imidazole rings is 1. The Morgan fingerprint density at radius 2 is 1.64 bits per heavy atom. The van der Waals surface area contributed by atoms with Crippen LogP contribution in [0.1, 0.15) is 63.0 Å². The Balaban J connectivity index is 1.56. The van der Waals surface area contributed by atoms with E-state index in [9.17, 15) is 19.2 Å². The summed E-state index contributed by atoms with van der Waals surface area (Å²) >= 11 is 0. The lowest BCUT2D eigenvalue weighted by atomic mass is 10.1. The first kappa shape index (κ1) is 28.9. The zero-order chi connectivity index (χ0) is 29.8. The highest BCUT2D eigenvalue weighted by Gasteiger charge is 2.51. The molecule has 1 saturated heterocycles. The van der Waals surface area contributed by atoms with Crippen molar-refractivity contribution in [2.75, 3.05) is 11.9 Å². The van der Waals surface area contributed by atoms with Crippen LogP contribution in [-0.2, 0) is 33.3 Å². The van der Waals surface area contributed by atoms with Crippen LogP contribution in [0.25, 0.3) is 11.2 Å². The first-order chi connectivity index (χ1) is 20.2. The molecule has 1 saturated carbocycles. The van der Waals surface area contributed by atoms with Crippen LogP contribution in [0, 0.1) is 0 Å². The smallest absolute Gasteiger partial charge is 0.320 e. The Morgan fingerprint density at radius 1 is 0.952 bits per heavy atom. The van der Waals surface area contributed by atoms with E-state index in [1.54, 1.807) is 30.3 Å². The van der Waals surface area contributed by atoms with E-state index >= 15 is 0 Å². The van der Waals surface area contributed by atoms with Gasteiger partial charge in [0, 0.05) is 26.3 Å². The van der Waals surface area contributed by atoms with E-state index in [0.717, 1.165) is 25.7 Å². The van der Waals surface area contributed by atoms with Gasteiger partial charge >= 0.3 is 23.9 Å². The molecule has 1 N–H and O–H groups in total. The van der Waals surface area contributed by atoms with Gasteiger partial charge in [0.05, 0.1) is 6.33 Å². The van der Waals surface area contributed by atoms with Gasteiger partial charge in [-0.15, -0.1) is 0 Å². The van der Waals surface area contributed by atoms with E-state index in [-0.39, 0.29) is 35.7 Å². The second-order valence-corrected chi connectivity index (χ2v) is 10.0. The number of anilines is 1. The lowest BCUT2D eigenvalue weighted by molar-refractivity contribution is -0.166. The number of carbonyl (C=O) groups is 4. The van der Waals surface area contributed by atoms with Gasteiger partial charge in [-0.3, -0.25) is 23.7 Å². The number of hydrogen-bond acceptors (Lipinski definition) is 12. The van der Waals surface area contributed by atoms with Gasteiger partial charge in [0.1, 0.15) is 18.8 Å². The topological polar surface area (TPSA) is 170 Å². The van der Waals surface area contributed by atoms with E-state index in [1.807, 2.05) is 0 Å². The Bertz CT molecular complexity index is 1470. The highest BCUT2D eigenvalue weighted by Crippen LogP contribution is 2.37. The largest absolute Gasteiger partial charge is 0.463 e. The van der Waals surface area contributed by atoms with Crippen molar-refractivity contribution in [3.05, 3.63) is 42.2 Å². The molecule has 1 aliphatic heterocycles. The molecule has 1 amide bonds. The summed E-state index contributed by atoms with van der Waals surface area (Å²) in [7, 11) is 0. The van der Waals surface area contributed by atoms with Crippen molar-refractivity contribution < 1.29 is 42.9 Å². The Hall–Kier alpha value is -4.59. The van der Waals surface area contributed by atoms with Gasteiger partial charge in [-0.1, -0.05) is 18.2 Å². The molecule has 14 heteroatoms. The number of benzene rings is 1. The number of nitrogens with one attached hydrogen (secondary N) is 1. The third kappa shape index (κ3) is 6.48. The third-order valence-corrected chi connectivity index (χ3v) is 6.86. The summed E-state index contributed by atoms with van der Waals surface area (Å²) in [6.07, 6.45) is 0.679. The number of aromatic nitrogens is 4. The van der Waals surface area contributed by atoms with Gasteiger partial charge in [-0.25, -0.2) is 4.98 Å². The second kappa shape index (κ2) is 12.5. The molecule has 222 valence electrons. The van der Waals surface area contributed by atoms with Crippen LogP contribution in [0.3, 0.4) is 0 Å². The van der Waals surface area contributed by atoms with Crippen molar-refractivity contribution in [3.8, 4) is 6.01 Å². The maximum Gasteiger partial charge on any atom is 0.320 e. The molecule has 42 heavy (non-hydrogen) atoms. The monoisotopic (exact) mass is 581 g/mol. The van der Waals surface area contributed by atoms with Crippen LogP contribution >= 0.6 is 0 Å². The van der Waals surface area contributed by atoms with Crippen molar-refractivity contribution in [2.45, 2.75) is 77.1 Å². The first-order valence-electron chi connectivity index (χ1n) is 13.6. The van der Waals surface area contributed by atoms with E-state index < -0.39 is 48.4 Å². The van der Waals surface area contributed by atoms with Crippen LogP contribution < -0.4 is 10.1 Å². The van der Waals surface area contributed by atoms with E-state index in [4.69, 9.17) is 23.7 Å². The fraction of sp³-hybridized carbons (Fsp3) is 0.464. The normalized spacial score (nSPS) is 22.1. The molecule has 0 spiro atoms. The van der Waals surface area contributed by atoms with Crippen LogP contribution in [0.2, 0.25) is 0 Å². The highest BCUT2D eigenvalue weighted by molar-refractivity contribution is 6.06. The van der Waals surface area contributed by atoms with Crippen molar-refractivity contribution >= 4 is 40.8 Å². The quantitative estimate of drug-likeness (QED) is 0.290. The lowest BCUT2D eigenvalue weighted by Gasteiger charge is -2.23. The maximum atomic E-state index is 13.0. The number of amides is 1. The number of esters is 3. The fourth-order valence-corrected chi connectivity index (χ4v) is 5.06. The summed E-state index contributed by atoms with van der Waals surface area (Å²) in [4.78, 5) is 62.1. The maximum absolute atomic E-state index is 13.0. The number of fused-ring (bicyclic) bond motifs is 1. The van der Waals surface area contributed by atoms with Crippen LogP contribution in [0.5, 0.6) is 6.01 Å². The average Bonchev–Trinajstić information content (AvgIpc) is 3.68. The molecule has 3 aromatic rings. The minimum atomic E-state index is -1.15. The minimum Gasteiger partial charge on any atom is -0.463 e. The molecule has 1 aliphatic carbocycles. The van der Waals surface area contributed by atoms with Gasteiger partial charge in [-0.05, 0) is 37.8 Å². The van der Waals surface area contributed by atoms with E-state index in [2.05, 4.69) is 20.3 Å². The van der Waals surface area contributed by atoms with Gasteiger partial charge in [0.15, 0.2) is 35.4 Å². The van der Waals surface area contributed by atoms with Crippen LogP contribution in [0.4, 0.5) is 5.82 Å². The fourth-order valence-electron chi connectivity index (χ4n) is 5.06. The predicted octanol–water partition coefficient (Wildman–Crippen LogP) is 2.72. The molecule has 0 unspecified atom stereocenters. The van der Waals surface area contributed by atoms with E-state index in [1.165, 1.54) is 31.7 Å². The van der Waals surface area contributed by atoms with Crippen molar-refractivity contribution in [2.24, 2.45) is 0 Å². The summed E-state index contributed by atoms with van der Waals surface area (Å²) in [5, 5.41) is 2.79. The Kier molecular flexibility index (Phi) is 8.61. The molecular formula is C28H31N5O9. The molecule has 2 aromatic heterocycles. The number of nitrogens with zero attached hydrogens (tertiary/aromatic N) is 4. The number of hydrogen-bond donors (Lipinski definition) is 1. The molecule has 1 aromatic carbocycles. The molecule has 0 radical (unpaired) electrons. The summed E-state index contributed by atoms with van der Waals surface area (Å²) in [5.41, 5.74) is 0.836. The average molecular weight is 582 g/mol. The third-order valence-electron chi connectivity index (χ3n) is 6.86. The lowest BCUT2D eigenvalue weighted by Crippen LogP contribution is -2.40. The Labute approximate surface area is 240 Å². The summed E-state index contributed by atoms with van der Waals surface area (Å²) in [5.74, 6) is -2.18. The molecule has 0 bridgehead atoms. The molecule has 4 atom stereocenters. The second-order valence-electron chi connectivity index (χ2n) is 10.0. The summed E-state index contributed by atoms with van der Waals surface area (Å²) in [6.45, 7) is 3.38. The zero-order valence-corrected chi connectivity index (χ0v) is 23.3. The molecule has 14 nitrogen and oxygen atoms in total. The number of rotatable bonds is 9. The molecule has 3 heterocycles. The first-order valence-corrected chi connectivity index (χ1v) is 13.6. The van der Waals surface area contributed by atoms with Crippen molar-refractivity contribution in [1.29, 1.82) is 0 Å². The van der Waals surface area contributed by atoms with Gasteiger partial charge in [-0.2, -0.15) is 9.97 Å².